The molecule has 3 aliphatic rings. The number of nitrogens with zero attached hydrogens (tertiary/aromatic N) is 1. The van der Waals surface area contributed by atoms with E-state index in [0.717, 1.165) is 44.9 Å². The number of rotatable bonds is 3. The van der Waals surface area contributed by atoms with Crippen molar-refractivity contribution in [1.82, 2.24) is 10.2 Å². The van der Waals surface area contributed by atoms with Gasteiger partial charge < -0.3 is 10.2 Å². The SMILES string of the molecule is O=C(CCC1CCCCC1)N1CCC2(CCNCC2)C1. The van der Waals surface area contributed by atoms with Crippen LogP contribution in [0.15, 0.2) is 0 Å². The molecule has 2 heterocycles. The third-order valence-electron chi connectivity index (χ3n) is 5.95. The zero-order valence-corrected chi connectivity index (χ0v) is 12.8. The molecule has 1 saturated carbocycles. The van der Waals surface area contributed by atoms with Gasteiger partial charge in [0, 0.05) is 19.5 Å². The van der Waals surface area contributed by atoms with Gasteiger partial charge in [-0.05, 0) is 50.1 Å². The molecule has 0 bridgehead atoms. The maximum atomic E-state index is 12.4. The highest BCUT2D eigenvalue weighted by Crippen LogP contribution is 2.39. The first-order valence-electron chi connectivity index (χ1n) is 8.76. The molecule has 0 radical (unpaired) electrons. The van der Waals surface area contributed by atoms with Gasteiger partial charge in [0.1, 0.15) is 0 Å². The number of likely N-dealkylation sites (tertiary alicyclic amines) is 1. The van der Waals surface area contributed by atoms with Crippen LogP contribution in [0.4, 0.5) is 0 Å². The Kier molecular flexibility index (Phi) is 4.65. The molecule has 114 valence electrons. The zero-order chi connectivity index (χ0) is 13.8. The van der Waals surface area contributed by atoms with Crippen molar-refractivity contribution in [2.75, 3.05) is 26.2 Å². The first-order valence-corrected chi connectivity index (χ1v) is 8.76. The highest BCUT2D eigenvalue weighted by atomic mass is 16.2. The Morgan fingerprint density at radius 1 is 1.10 bits per heavy atom. The number of carbonyl (C=O) groups excluding carboxylic acids is 1. The first-order chi connectivity index (χ1) is 9.77. The molecule has 2 aliphatic heterocycles. The van der Waals surface area contributed by atoms with E-state index < -0.39 is 0 Å². The molecule has 0 unspecified atom stereocenters. The van der Waals surface area contributed by atoms with Crippen molar-refractivity contribution < 1.29 is 4.79 Å². The van der Waals surface area contributed by atoms with Crippen LogP contribution in [-0.4, -0.2) is 37.0 Å². The summed E-state index contributed by atoms with van der Waals surface area (Å²) in [6.07, 6.45) is 12.6. The molecule has 0 atom stereocenters. The fourth-order valence-electron chi connectivity index (χ4n) is 4.47. The van der Waals surface area contributed by atoms with Crippen LogP contribution in [0, 0.1) is 11.3 Å². The zero-order valence-electron chi connectivity index (χ0n) is 12.8. The summed E-state index contributed by atoms with van der Waals surface area (Å²) in [7, 11) is 0. The summed E-state index contributed by atoms with van der Waals surface area (Å²) >= 11 is 0. The molecule has 1 spiro atoms. The van der Waals surface area contributed by atoms with E-state index in [2.05, 4.69) is 10.2 Å². The Morgan fingerprint density at radius 3 is 2.60 bits per heavy atom. The summed E-state index contributed by atoms with van der Waals surface area (Å²) in [5.74, 6) is 1.27. The van der Waals surface area contributed by atoms with Crippen molar-refractivity contribution in [3.05, 3.63) is 0 Å². The van der Waals surface area contributed by atoms with Gasteiger partial charge in [0.05, 0.1) is 0 Å². The highest BCUT2D eigenvalue weighted by Gasteiger charge is 2.40. The fraction of sp³-hybridized carbons (Fsp3) is 0.941. The maximum absolute atomic E-state index is 12.4. The number of hydrogen-bond donors (Lipinski definition) is 1. The molecule has 20 heavy (non-hydrogen) atoms. The fourth-order valence-corrected chi connectivity index (χ4v) is 4.47. The van der Waals surface area contributed by atoms with Crippen molar-refractivity contribution in [2.24, 2.45) is 11.3 Å². The molecule has 1 N–H and O–H groups in total. The van der Waals surface area contributed by atoms with Gasteiger partial charge in [0.25, 0.3) is 0 Å². The van der Waals surface area contributed by atoms with Crippen LogP contribution in [0.3, 0.4) is 0 Å². The number of hydrogen-bond acceptors (Lipinski definition) is 2. The summed E-state index contributed by atoms with van der Waals surface area (Å²) in [6.45, 7) is 4.34. The smallest absolute Gasteiger partial charge is 0.222 e. The van der Waals surface area contributed by atoms with Gasteiger partial charge >= 0.3 is 0 Å². The second-order valence-electron chi connectivity index (χ2n) is 7.36. The van der Waals surface area contributed by atoms with E-state index in [1.54, 1.807) is 0 Å². The number of carbonyl (C=O) groups is 1. The Morgan fingerprint density at radius 2 is 1.85 bits per heavy atom. The highest BCUT2D eigenvalue weighted by molar-refractivity contribution is 5.76. The average Bonchev–Trinajstić information content (AvgIpc) is 2.90. The topological polar surface area (TPSA) is 32.3 Å². The van der Waals surface area contributed by atoms with Crippen molar-refractivity contribution >= 4 is 5.91 Å². The Hall–Kier alpha value is -0.570. The lowest BCUT2D eigenvalue weighted by atomic mass is 9.78. The van der Waals surface area contributed by atoms with E-state index in [-0.39, 0.29) is 0 Å². The van der Waals surface area contributed by atoms with Gasteiger partial charge in [-0.3, -0.25) is 4.79 Å². The van der Waals surface area contributed by atoms with Gasteiger partial charge in [0.15, 0.2) is 0 Å². The van der Waals surface area contributed by atoms with Crippen molar-refractivity contribution in [2.45, 2.75) is 64.2 Å². The molecule has 2 saturated heterocycles. The second kappa shape index (κ2) is 6.46. The molecule has 0 aromatic heterocycles. The lowest BCUT2D eigenvalue weighted by Crippen LogP contribution is -2.39. The summed E-state index contributed by atoms with van der Waals surface area (Å²) < 4.78 is 0. The third-order valence-corrected chi connectivity index (χ3v) is 5.95. The van der Waals surface area contributed by atoms with Crippen LogP contribution < -0.4 is 5.32 Å². The molecular formula is C17H30N2O. The summed E-state index contributed by atoms with van der Waals surface area (Å²) in [4.78, 5) is 14.6. The molecule has 0 aromatic carbocycles. The van der Waals surface area contributed by atoms with Crippen LogP contribution in [0.25, 0.3) is 0 Å². The van der Waals surface area contributed by atoms with Crippen molar-refractivity contribution in [3.63, 3.8) is 0 Å². The molecule has 3 rings (SSSR count). The number of amides is 1. The summed E-state index contributed by atoms with van der Waals surface area (Å²) in [6, 6.07) is 0. The van der Waals surface area contributed by atoms with Crippen LogP contribution in [0.1, 0.15) is 64.2 Å². The number of nitrogens with one attached hydrogen (secondary N) is 1. The Bertz CT molecular complexity index is 330. The first kappa shape index (κ1) is 14.4. The van der Waals surface area contributed by atoms with Crippen LogP contribution >= 0.6 is 0 Å². The van der Waals surface area contributed by atoms with Crippen molar-refractivity contribution in [3.8, 4) is 0 Å². The molecule has 3 fully saturated rings. The van der Waals surface area contributed by atoms with Gasteiger partial charge in [-0.2, -0.15) is 0 Å². The average molecular weight is 278 g/mol. The molecule has 1 aliphatic carbocycles. The van der Waals surface area contributed by atoms with Crippen molar-refractivity contribution in [1.29, 1.82) is 0 Å². The van der Waals surface area contributed by atoms with E-state index in [1.165, 1.54) is 51.4 Å². The quantitative estimate of drug-likeness (QED) is 0.861. The molecular weight excluding hydrogens is 248 g/mol. The minimum atomic E-state index is 0.436. The Labute approximate surface area is 123 Å². The van der Waals surface area contributed by atoms with E-state index in [1.807, 2.05) is 0 Å². The normalized spacial score (nSPS) is 27.1. The van der Waals surface area contributed by atoms with E-state index in [4.69, 9.17) is 0 Å². The van der Waals surface area contributed by atoms with Crippen LogP contribution in [0.2, 0.25) is 0 Å². The second-order valence-corrected chi connectivity index (χ2v) is 7.36. The van der Waals surface area contributed by atoms with Gasteiger partial charge in [-0.1, -0.05) is 32.1 Å². The standard InChI is InChI=1S/C17H30N2O/c20-16(7-6-15-4-2-1-3-5-15)19-13-10-17(14-19)8-11-18-12-9-17/h15,18H,1-14H2. The molecule has 3 nitrogen and oxygen atoms in total. The van der Waals surface area contributed by atoms with E-state index in [9.17, 15) is 4.79 Å². The van der Waals surface area contributed by atoms with E-state index in [0.29, 0.717) is 11.3 Å². The van der Waals surface area contributed by atoms with Crippen LogP contribution in [0.5, 0.6) is 0 Å². The monoisotopic (exact) mass is 278 g/mol. The summed E-state index contributed by atoms with van der Waals surface area (Å²) in [5, 5.41) is 3.44. The van der Waals surface area contributed by atoms with Crippen LogP contribution in [-0.2, 0) is 4.79 Å². The van der Waals surface area contributed by atoms with Gasteiger partial charge in [-0.25, -0.2) is 0 Å². The van der Waals surface area contributed by atoms with Gasteiger partial charge in [0.2, 0.25) is 5.91 Å². The minimum absolute atomic E-state index is 0.436. The number of piperidine rings is 1. The predicted octanol–water partition coefficient (Wildman–Crippen LogP) is 2.95. The minimum Gasteiger partial charge on any atom is -0.342 e. The maximum Gasteiger partial charge on any atom is 0.222 e. The summed E-state index contributed by atoms with van der Waals surface area (Å²) in [5.41, 5.74) is 0.464. The molecule has 0 aromatic rings. The predicted molar refractivity (Wildman–Crippen MR) is 81.5 cm³/mol. The Balaban J connectivity index is 1.43. The lowest BCUT2D eigenvalue weighted by molar-refractivity contribution is -0.131. The molecule has 3 heteroatoms. The van der Waals surface area contributed by atoms with E-state index >= 15 is 0 Å². The largest absolute Gasteiger partial charge is 0.342 e. The lowest BCUT2D eigenvalue weighted by Gasteiger charge is -2.33. The molecule has 1 amide bonds. The van der Waals surface area contributed by atoms with Gasteiger partial charge in [-0.15, -0.1) is 0 Å². The third kappa shape index (κ3) is 3.36.